The summed E-state index contributed by atoms with van der Waals surface area (Å²) in [6.07, 6.45) is 3.22. The molecule has 1 heterocycles. The van der Waals surface area contributed by atoms with Crippen LogP contribution in [-0.4, -0.2) is 21.9 Å². The van der Waals surface area contributed by atoms with Crippen LogP contribution in [0.15, 0.2) is 59.3 Å². The molecule has 3 aromatic rings. The van der Waals surface area contributed by atoms with Crippen LogP contribution >= 0.6 is 50.1 Å². The summed E-state index contributed by atoms with van der Waals surface area (Å²) in [5, 5.41) is 5.04. The molecule has 2 N–H and O–H groups in total. The second-order valence-corrected chi connectivity index (χ2v) is 7.83. The van der Waals surface area contributed by atoms with E-state index in [1.54, 1.807) is 48.8 Å². The smallest absolute Gasteiger partial charge is 0.326 e. The first-order chi connectivity index (χ1) is 13.4. The van der Waals surface area contributed by atoms with Gasteiger partial charge in [-0.05, 0) is 68.9 Å². The molecule has 10 heteroatoms. The minimum Gasteiger partial charge on any atom is -0.423 e. The Morgan fingerprint density at radius 2 is 1.82 bits per heavy atom. The summed E-state index contributed by atoms with van der Waals surface area (Å²) in [5.74, 6) is -0.204. The third-order valence-electron chi connectivity index (χ3n) is 3.33. The predicted molar refractivity (Wildman–Crippen MR) is 117 cm³/mol. The largest absolute Gasteiger partial charge is 0.423 e. The number of benzene rings is 2. The van der Waals surface area contributed by atoms with E-state index < -0.39 is 11.9 Å². The van der Waals surface area contributed by atoms with E-state index in [-0.39, 0.29) is 11.0 Å². The average molecular weight is 574 g/mol. The molecular weight excluding hydrogens is 562 g/mol. The lowest BCUT2D eigenvalue weighted by Crippen LogP contribution is -2.34. The number of ether oxygens (including phenoxy) is 1. The van der Waals surface area contributed by atoms with Crippen molar-refractivity contribution < 1.29 is 14.3 Å². The van der Waals surface area contributed by atoms with Crippen molar-refractivity contribution >= 4 is 67.7 Å². The Morgan fingerprint density at radius 1 is 1.11 bits per heavy atom. The maximum absolute atomic E-state index is 12.2. The molecule has 28 heavy (non-hydrogen) atoms. The van der Waals surface area contributed by atoms with Gasteiger partial charge in [-0.2, -0.15) is 0 Å². The zero-order valence-electron chi connectivity index (χ0n) is 13.9. The van der Waals surface area contributed by atoms with E-state index in [1.807, 2.05) is 0 Å². The lowest BCUT2D eigenvalue weighted by Gasteiger charge is -2.10. The van der Waals surface area contributed by atoms with Crippen molar-refractivity contribution in [2.75, 3.05) is 5.32 Å². The lowest BCUT2D eigenvalue weighted by molar-refractivity contribution is 0.0966. The number of halogens is 3. The molecule has 0 radical (unpaired) electrons. The molecule has 0 bridgehead atoms. The quantitative estimate of drug-likeness (QED) is 0.416. The number of nitrogens with one attached hydrogen (secondary N) is 2. The summed E-state index contributed by atoms with van der Waals surface area (Å²) in [4.78, 5) is 32.3. The van der Waals surface area contributed by atoms with Crippen LogP contribution < -0.4 is 15.4 Å². The first-order valence-electron chi connectivity index (χ1n) is 7.74. The molecule has 0 unspecified atom stereocenters. The molecule has 2 aromatic carbocycles. The number of carbonyl (C=O) groups is 2. The van der Waals surface area contributed by atoms with E-state index in [0.29, 0.717) is 21.5 Å². The third-order valence-corrected chi connectivity index (χ3v) is 4.88. The Labute approximate surface area is 187 Å². The number of urea groups is 1. The predicted octanol–water partition coefficient (Wildman–Crippen LogP) is 5.25. The van der Waals surface area contributed by atoms with Crippen LogP contribution in [0.25, 0.3) is 0 Å². The average Bonchev–Trinajstić information content (AvgIpc) is 2.66. The topological polar surface area (TPSA) is 93.2 Å². The summed E-state index contributed by atoms with van der Waals surface area (Å²) in [6, 6.07) is 10.9. The summed E-state index contributed by atoms with van der Waals surface area (Å²) in [5.41, 5.74) is 0.732. The molecule has 3 rings (SSSR count). The molecule has 0 aliphatic carbocycles. The highest BCUT2D eigenvalue weighted by molar-refractivity contribution is 14.1. The molecule has 0 saturated carbocycles. The van der Waals surface area contributed by atoms with Crippen molar-refractivity contribution in [1.29, 1.82) is 0 Å². The van der Waals surface area contributed by atoms with Crippen LogP contribution in [0.3, 0.4) is 0 Å². The van der Waals surface area contributed by atoms with Gasteiger partial charge >= 0.3 is 12.0 Å². The second-order valence-electron chi connectivity index (χ2n) is 5.32. The number of hydrogen-bond acceptors (Lipinski definition) is 5. The van der Waals surface area contributed by atoms with Gasteiger partial charge in [0, 0.05) is 26.1 Å². The molecule has 7 nitrogen and oxygen atoms in total. The molecule has 0 aliphatic heterocycles. The highest BCUT2D eigenvalue weighted by Gasteiger charge is 2.14. The number of nitrogens with zero attached hydrogens (tertiary/aromatic N) is 2. The number of rotatable bonds is 4. The van der Waals surface area contributed by atoms with Gasteiger partial charge < -0.3 is 10.1 Å². The molecule has 142 valence electrons. The molecule has 3 amide bonds. The van der Waals surface area contributed by atoms with Gasteiger partial charge in [-0.1, -0.05) is 23.7 Å². The molecule has 0 fully saturated rings. The fourth-order valence-corrected chi connectivity index (χ4v) is 3.05. The molecule has 0 spiro atoms. The monoisotopic (exact) mass is 572 g/mol. The van der Waals surface area contributed by atoms with Crippen LogP contribution in [-0.2, 0) is 0 Å². The molecule has 0 atom stereocenters. The molecule has 1 aromatic heterocycles. The van der Waals surface area contributed by atoms with Gasteiger partial charge in [0.05, 0.1) is 10.6 Å². The van der Waals surface area contributed by atoms with E-state index in [1.165, 1.54) is 6.07 Å². The van der Waals surface area contributed by atoms with Gasteiger partial charge in [0.15, 0.2) is 0 Å². The highest BCUT2D eigenvalue weighted by atomic mass is 127. The Morgan fingerprint density at radius 3 is 2.50 bits per heavy atom. The summed E-state index contributed by atoms with van der Waals surface area (Å²) >= 11 is 11.5. The van der Waals surface area contributed by atoms with Crippen molar-refractivity contribution in [3.8, 4) is 11.8 Å². The normalized spacial score (nSPS) is 10.2. The van der Waals surface area contributed by atoms with E-state index in [9.17, 15) is 9.59 Å². The lowest BCUT2D eigenvalue weighted by atomic mass is 10.2. The summed E-state index contributed by atoms with van der Waals surface area (Å²) < 4.78 is 6.97. The zero-order valence-corrected chi connectivity index (χ0v) is 18.4. The van der Waals surface area contributed by atoms with Gasteiger partial charge in [0.2, 0.25) is 0 Å². The minimum absolute atomic E-state index is 0.153. The number of anilines is 1. The van der Waals surface area contributed by atoms with Crippen molar-refractivity contribution in [2.24, 2.45) is 0 Å². The van der Waals surface area contributed by atoms with Gasteiger partial charge in [0.1, 0.15) is 5.75 Å². The van der Waals surface area contributed by atoms with Crippen molar-refractivity contribution in [3.05, 3.63) is 73.5 Å². The fourth-order valence-electron chi connectivity index (χ4n) is 2.09. The zero-order chi connectivity index (χ0) is 20.1. The number of carbonyl (C=O) groups excluding carboxylic acids is 2. The van der Waals surface area contributed by atoms with Crippen molar-refractivity contribution in [1.82, 2.24) is 15.3 Å². The van der Waals surface area contributed by atoms with Crippen LogP contribution in [0.4, 0.5) is 10.5 Å². The fraction of sp³-hybridized carbons (Fsp3) is 0. The van der Waals surface area contributed by atoms with Crippen LogP contribution in [0, 0.1) is 3.57 Å². The van der Waals surface area contributed by atoms with E-state index in [2.05, 4.69) is 59.1 Å². The Hall–Kier alpha value is -2.24. The molecule has 0 saturated heterocycles. The number of amides is 3. The van der Waals surface area contributed by atoms with Crippen LogP contribution in [0.1, 0.15) is 10.4 Å². The second kappa shape index (κ2) is 9.30. The maximum atomic E-state index is 12.2. The van der Waals surface area contributed by atoms with E-state index >= 15 is 0 Å². The van der Waals surface area contributed by atoms with Gasteiger partial charge in [-0.15, -0.1) is 0 Å². The SMILES string of the molecule is O=C(NC(=O)c1ccccc1Br)Nc1ccc(Oc2ncc(I)cn2)c(Cl)c1. The molecule has 0 aliphatic rings. The van der Waals surface area contributed by atoms with Gasteiger partial charge in [-0.3, -0.25) is 10.1 Å². The van der Waals surface area contributed by atoms with Crippen molar-refractivity contribution in [2.45, 2.75) is 0 Å². The number of imide groups is 1. The Bertz CT molecular complexity index is 1030. The van der Waals surface area contributed by atoms with Crippen LogP contribution in [0.2, 0.25) is 5.02 Å². The Balaban J connectivity index is 1.63. The first kappa shape index (κ1) is 20.5. The van der Waals surface area contributed by atoms with Crippen molar-refractivity contribution in [3.63, 3.8) is 0 Å². The third kappa shape index (κ3) is 5.40. The number of aromatic nitrogens is 2. The highest BCUT2D eigenvalue weighted by Crippen LogP contribution is 2.30. The maximum Gasteiger partial charge on any atom is 0.326 e. The summed E-state index contributed by atoms with van der Waals surface area (Å²) in [6.45, 7) is 0. The first-order valence-corrected chi connectivity index (χ1v) is 9.99. The van der Waals surface area contributed by atoms with Crippen LogP contribution in [0.5, 0.6) is 11.8 Å². The van der Waals surface area contributed by atoms with Gasteiger partial charge in [0.25, 0.3) is 5.91 Å². The Kier molecular flexibility index (Phi) is 6.81. The molecular formula is C18H11BrClIN4O3. The summed E-state index contributed by atoms with van der Waals surface area (Å²) in [7, 11) is 0. The minimum atomic E-state index is -0.688. The van der Waals surface area contributed by atoms with E-state index in [0.717, 1.165) is 3.57 Å². The van der Waals surface area contributed by atoms with E-state index in [4.69, 9.17) is 16.3 Å². The van der Waals surface area contributed by atoms with Gasteiger partial charge in [-0.25, -0.2) is 14.8 Å². The standard InChI is InChI=1S/C18H11BrClIN4O3/c19-13-4-2-1-3-12(13)16(26)25-17(27)24-11-5-6-15(14(20)7-11)28-18-22-8-10(21)9-23-18/h1-9H,(H2,24,25,26,27). The number of hydrogen-bond donors (Lipinski definition) is 2.